The summed E-state index contributed by atoms with van der Waals surface area (Å²) in [5, 5.41) is 20.6. The third-order valence-electron chi connectivity index (χ3n) is 3.72. The molecule has 145 valence electrons. The molecule has 0 atom stereocenters. The van der Waals surface area contributed by atoms with E-state index in [-0.39, 0.29) is 38.5 Å². The van der Waals surface area contributed by atoms with Crippen molar-refractivity contribution in [3.8, 4) is 0 Å². The van der Waals surface area contributed by atoms with Gasteiger partial charge in [-0.1, -0.05) is 45.9 Å². The number of anilines is 1. The Morgan fingerprint density at radius 3 is 1.69 bits per heavy atom. The van der Waals surface area contributed by atoms with Crippen molar-refractivity contribution < 1.29 is 44.7 Å². The average Bonchev–Trinajstić information content (AvgIpc) is 2.45. The number of carboxylic acids is 2. The maximum absolute atomic E-state index is 12.4. The molecule has 0 heterocycles. The maximum atomic E-state index is 12.4. The van der Waals surface area contributed by atoms with Gasteiger partial charge in [-0.25, -0.2) is 0 Å². The molecule has 1 aromatic rings. The number of carbonyl (C=O) groups excluding carboxylic acids is 1. The first-order chi connectivity index (χ1) is 11.6. The van der Waals surface area contributed by atoms with Gasteiger partial charge in [-0.3, -0.25) is 19.3 Å². The molecule has 0 saturated carbocycles. The van der Waals surface area contributed by atoms with E-state index < -0.39 is 30.9 Å². The fourth-order valence-electron chi connectivity index (χ4n) is 2.63. The fourth-order valence-corrected chi connectivity index (χ4v) is 2.63. The van der Waals surface area contributed by atoms with Crippen molar-refractivity contribution in [2.45, 2.75) is 39.5 Å². The number of hydrogen-bond acceptors (Lipinski definition) is 4. The zero-order valence-electron chi connectivity index (χ0n) is 15.5. The molecule has 0 unspecified atom stereocenters. The van der Waals surface area contributed by atoms with Crippen LogP contribution in [0.3, 0.4) is 0 Å². The molecule has 7 nitrogen and oxygen atoms in total. The van der Waals surface area contributed by atoms with Crippen LogP contribution < -0.4 is 5.32 Å². The van der Waals surface area contributed by atoms with Gasteiger partial charge in [0.2, 0.25) is 5.91 Å². The standard InChI is InChI=1S/C18H26N2O5.Tc/c1-11(2)13-6-5-7-14(12(3)4)18(13)19-15(21)8-20(9-16(22)23)10-17(24)25;/h5-7,11-12H,8-10H2,1-4H3,(H,19,21)(H,22,23)(H,24,25);. The van der Waals surface area contributed by atoms with Gasteiger partial charge in [0, 0.05) is 25.8 Å². The Bertz CT molecular complexity index is 604. The number of amides is 1. The van der Waals surface area contributed by atoms with Crippen LogP contribution in [0.4, 0.5) is 5.69 Å². The first-order valence-corrected chi connectivity index (χ1v) is 8.20. The summed E-state index contributed by atoms with van der Waals surface area (Å²) in [6.45, 7) is 6.77. The molecule has 1 amide bonds. The minimum absolute atomic E-state index is 0. The van der Waals surface area contributed by atoms with Gasteiger partial charge in [0.15, 0.2) is 0 Å². The summed E-state index contributed by atoms with van der Waals surface area (Å²) in [5.74, 6) is -2.40. The van der Waals surface area contributed by atoms with Crippen molar-refractivity contribution in [2.75, 3.05) is 25.0 Å². The predicted molar refractivity (Wildman–Crippen MR) is 95.0 cm³/mol. The van der Waals surface area contributed by atoms with Gasteiger partial charge < -0.3 is 15.5 Å². The van der Waals surface area contributed by atoms with Crippen LogP contribution >= 0.6 is 0 Å². The third kappa shape index (κ3) is 7.64. The Labute approximate surface area is 167 Å². The van der Waals surface area contributed by atoms with E-state index in [1.54, 1.807) is 0 Å². The van der Waals surface area contributed by atoms with E-state index in [0.29, 0.717) is 0 Å². The molecule has 3 N–H and O–H groups in total. The van der Waals surface area contributed by atoms with Crippen LogP contribution in [0.25, 0.3) is 0 Å². The molecule has 0 aliphatic heterocycles. The smallest absolute Gasteiger partial charge is 0.317 e. The fraction of sp³-hybridized carbons (Fsp3) is 0.500. The summed E-state index contributed by atoms with van der Waals surface area (Å²) in [6.07, 6.45) is 0. The molecule has 1 radical (unpaired) electrons. The predicted octanol–water partition coefficient (Wildman–Crippen LogP) is 2.34. The second-order valence-electron chi connectivity index (χ2n) is 6.60. The van der Waals surface area contributed by atoms with E-state index in [4.69, 9.17) is 10.2 Å². The summed E-state index contributed by atoms with van der Waals surface area (Å²) >= 11 is 0. The summed E-state index contributed by atoms with van der Waals surface area (Å²) < 4.78 is 0. The van der Waals surface area contributed by atoms with Crippen molar-refractivity contribution in [3.05, 3.63) is 29.3 Å². The molecule has 0 aromatic heterocycles. The molecule has 0 spiro atoms. The number of carboxylic acid groups (broad SMARTS) is 2. The van der Waals surface area contributed by atoms with E-state index in [9.17, 15) is 14.4 Å². The molecule has 0 aliphatic carbocycles. The summed E-state index contributed by atoms with van der Waals surface area (Å²) in [4.78, 5) is 35.2. The second kappa shape index (κ2) is 11.1. The summed E-state index contributed by atoms with van der Waals surface area (Å²) in [5.41, 5.74) is 2.70. The van der Waals surface area contributed by atoms with Crippen LogP contribution in [0.2, 0.25) is 0 Å². The van der Waals surface area contributed by atoms with E-state index in [2.05, 4.69) is 5.32 Å². The van der Waals surface area contributed by atoms with Gasteiger partial charge in [0.25, 0.3) is 0 Å². The topological polar surface area (TPSA) is 107 Å². The molecule has 1 aromatic carbocycles. The first kappa shape index (κ1) is 24.2. The van der Waals surface area contributed by atoms with Crippen molar-refractivity contribution in [3.63, 3.8) is 0 Å². The minimum atomic E-state index is -1.18. The van der Waals surface area contributed by atoms with Crippen LogP contribution in [-0.4, -0.2) is 52.6 Å². The van der Waals surface area contributed by atoms with Crippen molar-refractivity contribution >= 4 is 23.5 Å². The Kier molecular flexibility index (Phi) is 10.3. The quantitative estimate of drug-likeness (QED) is 0.536. The van der Waals surface area contributed by atoms with E-state index in [1.165, 1.54) is 0 Å². The SMILES string of the molecule is CC(C)c1cccc(C(C)C)c1NC(=O)CN(CC(=O)O)CC(=O)O.[Tc]. The van der Waals surface area contributed by atoms with Crippen molar-refractivity contribution in [1.82, 2.24) is 4.90 Å². The van der Waals surface area contributed by atoms with E-state index in [1.807, 2.05) is 45.9 Å². The van der Waals surface area contributed by atoms with Gasteiger partial charge in [-0.05, 0) is 23.0 Å². The van der Waals surface area contributed by atoms with Crippen LogP contribution in [0, 0.1) is 0 Å². The number of aliphatic carboxylic acids is 2. The Morgan fingerprint density at radius 2 is 1.35 bits per heavy atom. The van der Waals surface area contributed by atoms with Crippen LogP contribution in [0.15, 0.2) is 18.2 Å². The molecule has 8 heteroatoms. The zero-order valence-corrected chi connectivity index (χ0v) is 17.3. The Morgan fingerprint density at radius 1 is 0.923 bits per heavy atom. The minimum Gasteiger partial charge on any atom is -0.480 e. The molecule has 0 bridgehead atoms. The largest absolute Gasteiger partial charge is 0.480 e. The van der Waals surface area contributed by atoms with Crippen LogP contribution in [-0.2, 0) is 34.5 Å². The van der Waals surface area contributed by atoms with Gasteiger partial charge in [-0.15, -0.1) is 0 Å². The number of rotatable bonds is 9. The molecule has 0 fully saturated rings. The Hall–Kier alpha value is -1.76. The molecular formula is C18H26N2O5Tc. The summed E-state index contributed by atoms with van der Waals surface area (Å²) in [6, 6.07) is 5.83. The monoisotopic (exact) mass is 447 g/mol. The molecule has 0 saturated heterocycles. The third-order valence-corrected chi connectivity index (χ3v) is 3.72. The normalized spacial score (nSPS) is 10.7. The molecule has 1 rings (SSSR count). The molecule has 0 aliphatic rings. The van der Waals surface area contributed by atoms with Crippen molar-refractivity contribution in [2.24, 2.45) is 0 Å². The van der Waals surface area contributed by atoms with Crippen LogP contribution in [0.5, 0.6) is 0 Å². The van der Waals surface area contributed by atoms with Crippen LogP contribution in [0.1, 0.15) is 50.7 Å². The van der Waals surface area contributed by atoms with Gasteiger partial charge in [0.1, 0.15) is 0 Å². The van der Waals surface area contributed by atoms with Crippen molar-refractivity contribution in [1.29, 1.82) is 0 Å². The number of benzene rings is 1. The number of para-hydroxylation sites is 1. The Balaban J connectivity index is 0.00000625. The summed E-state index contributed by atoms with van der Waals surface area (Å²) in [7, 11) is 0. The number of carbonyl (C=O) groups is 3. The maximum Gasteiger partial charge on any atom is 0.317 e. The first-order valence-electron chi connectivity index (χ1n) is 8.20. The zero-order chi connectivity index (χ0) is 19.1. The number of nitrogens with zero attached hydrogens (tertiary/aromatic N) is 1. The average molecular weight is 448 g/mol. The van der Waals surface area contributed by atoms with E-state index >= 15 is 0 Å². The number of nitrogens with one attached hydrogen (secondary N) is 1. The van der Waals surface area contributed by atoms with E-state index in [0.717, 1.165) is 21.7 Å². The van der Waals surface area contributed by atoms with Gasteiger partial charge in [0.05, 0.1) is 19.6 Å². The second-order valence-corrected chi connectivity index (χ2v) is 6.60. The van der Waals surface area contributed by atoms with Gasteiger partial charge >= 0.3 is 11.9 Å². The van der Waals surface area contributed by atoms with Gasteiger partial charge in [-0.2, -0.15) is 0 Å². The molecular weight excluding hydrogens is 422 g/mol. The number of hydrogen-bond donors (Lipinski definition) is 3. The molecule has 26 heavy (non-hydrogen) atoms.